The first-order chi connectivity index (χ1) is 9.70. The summed E-state index contributed by atoms with van der Waals surface area (Å²) in [5, 5.41) is 3.51. The molecule has 0 radical (unpaired) electrons. The number of rotatable bonds is 10. The average Bonchev–Trinajstić information content (AvgIpc) is 2.44. The minimum Gasteiger partial charge on any atom is -0.313 e. The number of nitrogens with one attached hydrogen (secondary N) is 1. The lowest BCUT2D eigenvalue weighted by Gasteiger charge is -2.21. The van der Waals surface area contributed by atoms with Crippen LogP contribution in [0.1, 0.15) is 81.0 Å². The van der Waals surface area contributed by atoms with Gasteiger partial charge in [0.2, 0.25) is 0 Å². The average molecular weight is 275 g/mol. The highest BCUT2D eigenvalue weighted by Gasteiger charge is 2.13. The Kier molecular flexibility index (Phi) is 8.60. The normalized spacial score (nSPS) is 12.6. The number of benzene rings is 1. The summed E-state index contributed by atoms with van der Waals surface area (Å²) in [7, 11) is 2.10. The van der Waals surface area contributed by atoms with E-state index in [4.69, 9.17) is 0 Å². The van der Waals surface area contributed by atoms with Gasteiger partial charge in [-0.3, -0.25) is 0 Å². The van der Waals surface area contributed by atoms with Crippen molar-refractivity contribution in [1.82, 2.24) is 5.32 Å². The van der Waals surface area contributed by atoms with Gasteiger partial charge in [-0.25, -0.2) is 0 Å². The Hall–Kier alpha value is -0.820. The fourth-order valence-corrected chi connectivity index (χ4v) is 3.12. The molecule has 1 N–H and O–H groups in total. The monoisotopic (exact) mass is 275 g/mol. The number of aryl methyl sites for hydroxylation is 2. The standard InChI is InChI=1S/C19H33N/c1-5-6-7-8-9-10-11-15-18(20-4)19-16(2)13-12-14-17(19)3/h12-14,18,20H,5-11,15H2,1-4H3. The van der Waals surface area contributed by atoms with E-state index in [0.29, 0.717) is 6.04 Å². The van der Waals surface area contributed by atoms with Crippen LogP contribution in [-0.4, -0.2) is 7.05 Å². The predicted molar refractivity (Wildman–Crippen MR) is 90.3 cm³/mol. The van der Waals surface area contributed by atoms with Gasteiger partial charge in [0, 0.05) is 6.04 Å². The maximum atomic E-state index is 3.51. The van der Waals surface area contributed by atoms with Crippen molar-refractivity contribution in [3.05, 3.63) is 34.9 Å². The SMILES string of the molecule is CCCCCCCCCC(NC)c1c(C)cccc1C. The summed E-state index contributed by atoms with van der Waals surface area (Å²) < 4.78 is 0. The van der Waals surface area contributed by atoms with Crippen molar-refractivity contribution in [2.75, 3.05) is 7.05 Å². The summed E-state index contributed by atoms with van der Waals surface area (Å²) in [6.45, 7) is 6.75. The largest absolute Gasteiger partial charge is 0.313 e. The fourth-order valence-electron chi connectivity index (χ4n) is 3.12. The van der Waals surface area contributed by atoms with Crippen LogP contribution in [0.2, 0.25) is 0 Å². The number of hydrogen-bond donors (Lipinski definition) is 1. The van der Waals surface area contributed by atoms with Crippen LogP contribution in [-0.2, 0) is 0 Å². The van der Waals surface area contributed by atoms with Gasteiger partial charge < -0.3 is 5.32 Å². The van der Waals surface area contributed by atoms with E-state index in [1.54, 1.807) is 0 Å². The van der Waals surface area contributed by atoms with Crippen molar-refractivity contribution in [2.24, 2.45) is 0 Å². The van der Waals surface area contributed by atoms with Gasteiger partial charge in [0.05, 0.1) is 0 Å². The van der Waals surface area contributed by atoms with E-state index in [1.807, 2.05) is 0 Å². The smallest absolute Gasteiger partial charge is 0.0322 e. The van der Waals surface area contributed by atoms with Crippen LogP contribution in [0.4, 0.5) is 0 Å². The topological polar surface area (TPSA) is 12.0 Å². The molecule has 1 unspecified atom stereocenters. The molecule has 0 saturated heterocycles. The predicted octanol–water partition coefficient (Wildman–Crippen LogP) is 5.70. The van der Waals surface area contributed by atoms with Crippen molar-refractivity contribution in [3.63, 3.8) is 0 Å². The van der Waals surface area contributed by atoms with Gasteiger partial charge in [-0.15, -0.1) is 0 Å². The molecule has 114 valence electrons. The van der Waals surface area contributed by atoms with Gasteiger partial charge in [-0.05, 0) is 44.0 Å². The zero-order valence-electron chi connectivity index (χ0n) is 14.0. The third-order valence-corrected chi connectivity index (χ3v) is 4.34. The summed E-state index contributed by atoms with van der Waals surface area (Å²) in [6, 6.07) is 7.15. The van der Waals surface area contributed by atoms with Gasteiger partial charge in [0.15, 0.2) is 0 Å². The molecule has 1 rings (SSSR count). The summed E-state index contributed by atoms with van der Waals surface area (Å²) in [5.41, 5.74) is 4.36. The first kappa shape index (κ1) is 17.2. The number of unbranched alkanes of at least 4 members (excludes halogenated alkanes) is 6. The van der Waals surface area contributed by atoms with Gasteiger partial charge >= 0.3 is 0 Å². The molecule has 0 heterocycles. The van der Waals surface area contributed by atoms with Crippen molar-refractivity contribution < 1.29 is 0 Å². The lowest BCUT2D eigenvalue weighted by Crippen LogP contribution is -2.18. The lowest BCUT2D eigenvalue weighted by molar-refractivity contribution is 0.493. The minimum absolute atomic E-state index is 0.520. The van der Waals surface area contributed by atoms with E-state index in [0.717, 1.165) is 0 Å². The molecule has 0 amide bonds. The third-order valence-electron chi connectivity index (χ3n) is 4.34. The van der Waals surface area contributed by atoms with Crippen LogP contribution in [0, 0.1) is 13.8 Å². The molecule has 0 bridgehead atoms. The Morgan fingerprint density at radius 1 is 0.900 bits per heavy atom. The molecular weight excluding hydrogens is 242 g/mol. The van der Waals surface area contributed by atoms with Crippen LogP contribution in [0.3, 0.4) is 0 Å². The fraction of sp³-hybridized carbons (Fsp3) is 0.684. The summed E-state index contributed by atoms with van der Waals surface area (Å²) >= 11 is 0. The Labute approximate surface area is 126 Å². The highest BCUT2D eigenvalue weighted by Crippen LogP contribution is 2.26. The van der Waals surface area contributed by atoms with Crippen LogP contribution >= 0.6 is 0 Å². The van der Waals surface area contributed by atoms with Crippen LogP contribution in [0.25, 0.3) is 0 Å². The molecule has 1 nitrogen and oxygen atoms in total. The van der Waals surface area contributed by atoms with Crippen molar-refractivity contribution >= 4 is 0 Å². The number of hydrogen-bond acceptors (Lipinski definition) is 1. The van der Waals surface area contributed by atoms with Gasteiger partial charge in [-0.2, -0.15) is 0 Å². The molecule has 1 atom stereocenters. The van der Waals surface area contributed by atoms with Crippen molar-refractivity contribution in [3.8, 4) is 0 Å². The van der Waals surface area contributed by atoms with E-state index in [2.05, 4.69) is 51.3 Å². The van der Waals surface area contributed by atoms with E-state index >= 15 is 0 Å². The van der Waals surface area contributed by atoms with Crippen LogP contribution < -0.4 is 5.32 Å². The molecular formula is C19H33N. The summed E-state index contributed by atoms with van der Waals surface area (Å²) in [5.74, 6) is 0. The second kappa shape index (κ2) is 9.99. The Bertz CT molecular complexity index is 350. The molecule has 0 aliphatic heterocycles. The van der Waals surface area contributed by atoms with Crippen molar-refractivity contribution in [2.45, 2.75) is 78.2 Å². The van der Waals surface area contributed by atoms with E-state index < -0.39 is 0 Å². The van der Waals surface area contributed by atoms with Gasteiger partial charge in [0.1, 0.15) is 0 Å². The van der Waals surface area contributed by atoms with E-state index in [9.17, 15) is 0 Å². The zero-order chi connectivity index (χ0) is 14.8. The molecule has 0 aliphatic rings. The Balaban J connectivity index is 2.36. The highest BCUT2D eigenvalue weighted by atomic mass is 14.9. The molecule has 0 saturated carbocycles. The molecule has 1 heteroatoms. The van der Waals surface area contributed by atoms with E-state index in [1.165, 1.54) is 68.1 Å². The second-order valence-electron chi connectivity index (χ2n) is 6.06. The summed E-state index contributed by atoms with van der Waals surface area (Å²) in [4.78, 5) is 0. The molecule has 0 fully saturated rings. The minimum atomic E-state index is 0.520. The maximum Gasteiger partial charge on any atom is 0.0322 e. The Morgan fingerprint density at radius 2 is 1.45 bits per heavy atom. The second-order valence-corrected chi connectivity index (χ2v) is 6.06. The molecule has 0 aliphatic carbocycles. The molecule has 1 aromatic rings. The van der Waals surface area contributed by atoms with Gasteiger partial charge in [0.25, 0.3) is 0 Å². The molecule has 1 aromatic carbocycles. The molecule has 20 heavy (non-hydrogen) atoms. The maximum absolute atomic E-state index is 3.51. The third kappa shape index (κ3) is 5.66. The van der Waals surface area contributed by atoms with Crippen molar-refractivity contribution in [1.29, 1.82) is 0 Å². The van der Waals surface area contributed by atoms with Crippen LogP contribution in [0.5, 0.6) is 0 Å². The molecule has 0 spiro atoms. The van der Waals surface area contributed by atoms with E-state index in [-0.39, 0.29) is 0 Å². The van der Waals surface area contributed by atoms with Gasteiger partial charge in [-0.1, -0.05) is 70.1 Å². The lowest BCUT2D eigenvalue weighted by atomic mass is 9.92. The molecule has 0 aromatic heterocycles. The van der Waals surface area contributed by atoms with Crippen LogP contribution in [0.15, 0.2) is 18.2 Å². The summed E-state index contributed by atoms with van der Waals surface area (Å²) in [6.07, 6.45) is 11.0. The Morgan fingerprint density at radius 3 is 2.00 bits per heavy atom. The highest BCUT2D eigenvalue weighted by molar-refractivity contribution is 5.36. The first-order valence-electron chi connectivity index (χ1n) is 8.44. The zero-order valence-corrected chi connectivity index (χ0v) is 14.0. The first-order valence-corrected chi connectivity index (χ1v) is 8.44. The quantitative estimate of drug-likeness (QED) is 0.540.